The third kappa shape index (κ3) is 3.67. The van der Waals surface area contributed by atoms with E-state index in [-0.39, 0.29) is 0 Å². The van der Waals surface area contributed by atoms with Gasteiger partial charge in [0.2, 0.25) is 0 Å². The Labute approximate surface area is 90.6 Å². The zero-order valence-electron chi connectivity index (χ0n) is 8.98. The summed E-state index contributed by atoms with van der Waals surface area (Å²) in [5.41, 5.74) is 0. The van der Waals surface area contributed by atoms with Crippen molar-refractivity contribution in [3.8, 4) is 0 Å². The second kappa shape index (κ2) is 4.79. The topological polar surface area (TPSA) is 49.3 Å². The van der Waals surface area contributed by atoms with Crippen molar-refractivity contribution < 1.29 is 9.90 Å². The Balaban J connectivity index is 1.61. The molecule has 2 aliphatic rings. The maximum atomic E-state index is 10.2. The SMILES string of the molecule is O=C(O)/C=C/CNCC(C1CC1)C1CC1. The summed E-state index contributed by atoms with van der Waals surface area (Å²) < 4.78 is 0. The molecule has 0 bridgehead atoms. The van der Waals surface area contributed by atoms with E-state index in [1.165, 1.54) is 31.8 Å². The molecular weight excluding hydrogens is 190 g/mol. The average Bonchev–Trinajstić information content (AvgIpc) is 3.00. The van der Waals surface area contributed by atoms with Crippen LogP contribution in [0.3, 0.4) is 0 Å². The summed E-state index contributed by atoms with van der Waals surface area (Å²) in [6, 6.07) is 0. The molecule has 2 saturated carbocycles. The van der Waals surface area contributed by atoms with Gasteiger partial charge in [-0.15, -0.1) is 0 Å². The lowest BCUT2D eigenvalue weighted by molar-refractivity contribution is -0.131. The second-order valence-corrected chi connectivity index (χ2v) is 4.74. The predicted octanol–water partition coefficient (Wildman–Crippen LogP) is 1.65. The van der Waals surface area contributed by atoms with Crippen LogP contribution in [-0.4, -0.2) is 24.2 Å². The number of hydrogen-bond acceptors (Lipinski definition) is 2. The van der Waals surface area contributed by atoms with Gasteiger partial charge < -0.3 is 10.4 Å². The van der Waals surface area contributed by atoms with Gasteiger partial charge in [0.25, 0.3) is 0 Å². The molecule has 0 aromatic rings. The molecule has 0 amide bonds. The van der Waals surface area contributed by atoms with E-state index in [0.29, 0.717) is 6.54 Å². The van der Waals surface area contributed by atoms with Crippen LogP contribution in [0.4, 0.5) is 0 Å². The first-order chi connectivity index (χ1) is 7.27. The molecule has 0 unspecified atom stereocenters. The minimum atomic E-state index is -0.863. The summed E-state index contributed by atoms with van der Waals surface area (Å²) in [4.78, 5) is 10.2. The molecule has 0 heterocycles. The van der Waals surface area contributed by atoms with Gasteiger partial charge >= 0.3 is 5.97 Å². The highest BCUT2D eigenvalue weighted by Gasteiger charge is 2.40. The first kappa shape index (κ1) is 10.7. The lowest BCUT2D eigenvalue weighted by atomic mass is 9.98. The third-order valence-corrected chi connectivity index (χ3v) is 3.36. The third-order valence-electron chi connectivity index (χ3n) is 3.36. The minimum absolute atomic E-state index is 0.683. The fourth-order valence-electron chi connectivity index (χ4n) is 2.26. The maximum Gasteiger partial charge on any atom is 0.328 e. The van der Waals surface area contributed by atoms with Gasteiger partial charge in [0.05, 0.1) is 0 Å². The molecule has 2 aliphatic carbocycles. The van der Waals surface area contributed by atoms with Crippen molar-refractivity contribution >= 4 is 5.97 Å². The van der Waals surface area contributed by atoms with E-state index in [1.807, 2.05) is 0 Å². The molecule has 2 rings (SSSR count). The Morgan fingerprint density at radius 2 is 1.93 bits per heavy atom. The molecule has 3 nitrogen and oxygen atoms in total. The van der Waals surface area contributed by atoms with E-state index in [9.17, 15) is 4.79 Å². The zero-order chi connectivity index (χ0) is 10.7. The Kier molecular flexibility index (Phi) is 3.41. The quantitative estimate of drug-likeness (QED) is 0.495. The largest absolute Gasteiger partial charge is 0.478 e. The molecule has 2 fully saturated rings. The molecule has 2 N–H and O–H groups in total. The summed E-state index contributed by atoms with van der Waals surface area (Å²) in [6.07, 6.45) is 8.53. The van der Waals surface area contributed by atoms with E-state index < -0.39 is 5.97 Å². The van der Waals surface area contributed by atoms with Crippen LogP contribution in [0.1, 0.15) is 25.7 Å². The molecule has 84 valence electrons. The Hall–Kier alpha value is -0.830. The van der Waals surface area contributed by atoms with Gasteiger partial charge in [0.15, 0.2) is 0 Å². The fourth-order valence-corrected chi connectivity index (χ4v) is 2.26. The van der Waals surface area contributed by atoms with Crippen molar-refractivity contribution in [1.82, 2.24) is 5.32 Å². The van der Waals surface area contributed by atoms with Gasteiger partial charge in [0, 0.05) is 12.6 Å². The molecule has 0 aromatic heterocycles. The summed E-state index contributed by atoms with van der Waals surface area (Å²) in [5.74, 6) is 1.93. The van der Waals surface area contributed by atoms with Crippen LogP contribution in [0.15, 0.2) is 12.2 Å². The number of aliphatic carboxylic acids is 1. The highest BCUT2D eigenvalue weighted by Crippen LogP contribution is 2.48. The lowest BCUT2D eigenvalue weighted by Crippen LogP contribution is -2.25. The molecule has 0 atom stereocenters. The van der Waals surface area contributed by atoms with Gasteiger partial charge in [-0.25, -0.2) is 4.79 Å². The van der Waals surface area contributed by atoms with Gasteiger partial charge in [-0.05, 0) is 50.0 Å². The standard InChI is InChI=1S/C12H19NO2/c14-12(15)2-1-7-13-8-11(9-3-4-9)10-5-6-10/h1-2,9-11,13H,3-8H2,(H,14,15)/b2-1+. The predicted molar refractivity (Wildman–Crippen MR) is 58.6 cm³/mol. The first-order valence-electron chi connectivity index (χ1n) is 5.87. The van der Waals surface area contributed by atoms with E-state index in [0.717, 1.165) is 24.3 Å². The Bertz CT molecular complexity index is 242. The fraction of sp³-hybridized carbons (Fsp3) is 0.750. The normalized spacial score (nSPS) is 21.4. The van der Waals surface area contributed by atoms with Crippen LogP contribution in [0.5, 0.6) is 0 Å². The summed E-state index contributed by atoms with van der Waals surface area (Å²) in [7, 11) is 0. The molecule has 0 spiro atoms. The maximum absolute atomic E-state index is 10.2. The van der Waals surface area contributed by atoms with Crippen molar-refractivity contribution in [2.24, 2.45) is 17.8 Å². The van der Waals surface area contributed by atoms with E-state index in [2.05, 4.69) is 5.32 Å². The molecule has 3 heteroatoms. The van der Waals surface area contributed by atoms with Crippen LogP contribution in [0.25, 0.3) is 0 Å². The Morgan fingerprint density at radius 1 is 1.33 bits per heavy atom. The van der Waals surface area contributed by atoms with Crippen LogP contribution in [-0.2, 0) is 4.79 Å². The van der Waals surface area contributed by atoms with E-state index >= 15 is 0 Å². The number of nitrogens with one attached hydrogen (secondary N) is 1. The van der Waals surface area contributed by atoms with Crippen LogP contribution >= 0.6 is 0 Å². The molecule has 0 aromatic carbocycles. The number of rotatable bonds is 7. The summed E-state index contributed by atoms with van der Waals surface area (Å²) >= 11 is 0. The van der Waals surface area contributed by atoms with Crippen LogP contribution in [0.2, 0.25) is 0 Å². The summed E-state index contributed by atoms with van der Waals surface area (Å²) in [6.45, 7) is 1.75. The van der Waals surface area contributed by atoms with Gasteiger partial charge in [-0.2, -0.15) is 0 Å². The number of carbonyl (C=O) groups is 1. The lowest BCUT2D eigenvalue weighted by Gasteiger charge is -2.15. The average molecular weight is 209 g/mol. The van der Waals surface area contributed by atoms with Gasteiger partial charge in [0.1, 0.15) is 0 Å². The first-order valence-corrected chi connectivity index (χ1v) is 5.87. The minimum Gasteiger partial charge on any atom is -0.478 e. The van der Waals surface area contributed by atoms with Crippen molar-refractivity contribution in [3.05, 3.63) is 12.2 Å². The van der Waals surface area contributed by atoms with Crippen LogP contribution in [0, 0.1) is 17.8 Å². The van der Waals surface area contributed by atoms with Crippen molar-refractivity contribution in [2.75, 3.05) is 13.1 Å². The smallest absolute Gasteiger partial charge is 0.328 e. The highest BCUT2D eigenvalue weighted by atomic mass is 16.4. The van der Waals surface area contributed by atoms with E-state index in [1.54, 1.807) is 6.08 Å². The molecular formula is C12H19NO2. The second-order valence-electron chi connectivity index (χ2n) is 4.74. The Morgan fingerprint density at radius 3 is 2.40 bits per heavy atom. The molecule has 0 aliphatic heterocycles. The highest BCUT2D eigenvalue weighted by molar-refractivity contribution is 5.79. The molecule has 0 radical (unpaired) electrons. The monoisotopic (exact) mass is 209 g/mol. The van der Waals surface area contributed by atoms with Crippen molar-refractivity contribution in [2.45, 2.75) is 25.7 Å². The van der Waals surface area contributed by atoms with Crippen LogP contribution < -0.4 is 5.32 Å². The van der Waals surface area contributed by atoms with E-state index in [4.69, 9.17) is 5.11 Å². The number of carboxylic acids is 1. The summed E-state index contributed by atoms with van der Waals surface area (Å²) in [5, 5.41) is 11.7. The van der Waals surface area contributed by atoms with Gasteiger partial charge in [-0.3, -0.25) is 0 Å². The molecule has 15 heavy (non-hydrogen) atoms. The number of hydrogen-bond donors (Lipinski definition) is 2. The van der Waals surface area contributed by atoms with Gasteiger partial charge in [-0.1, -0.05) is 6.08 Å². The zero-order valence-corrected chi connectivity index (χ0v) is 8.98. The van der Waals surface area contributed by atoms with Crippen molar-refractivity contribution in [1.29, 1.82) is 0 Å². The van der Waals surface area contributed by atoms with Crippen molar-refractivity contribution in [3.63, 3.8) is 0 Å². The molecule has 0 saturated heterocycles. The number of carboxylic acid groups (broad SMARTS) is 1.